The van der Waals surface area contributed by atoms with E-state index in [4.69, 9.17) is 10.5 Å². The first kappa shape index (κ1) is 31.2. The summed E-state index contributed by atoms with van der Waals surface area (Å²) in [5, 5.41) is 50.0. The van der Waals surface area contributed by atoms with E-state index in [1.807, 2.05) is 0 Å². The van der Waals surface area contributed by atoms with Gasteiger partial charge in [0.25, 0.3) is 0 Å². The molecule has 0 bridgehead atoms. The molecule has 0 amide bonds. The second-order valence-electron chi connectivity index (χ2n) is 9.40. The van der Waals surface area contributed by atoms with Crippen molar-refractivity contribution in [2.24, 2.45) is 5.73 Å². The molecule has 0 aromatic rings. The Labute approximate surface area is 204 Å². The van der Waals surface area contributed by atoms with Crippen molar-refractivity contribution in [1.29, 1.82) is 0 Å². The molecular weight excluding hydrogens is 442 g/mol. The van der Waals surface area contributed by atoms with Crippen LogP contribution >= 0.6 is 0 Å². The third-order valence-corrected chi connectivity index (χ3v) is 6.59. The predicted molar refractivity (Wildman–Crippen MR) is 130 cm³/mol. The van der Waals surface area contributed by atoms with Crippen molar-refractivity contribution in [2.75, 3.05) is 19.8 Å². The molecule has 1 saturated heterocycles. The van der Waals surface area contributed by atoms with Crippen LogP contribution in [-0.2, 0) is 9.53 Å². The van der Waals surface area contributed by atoms with Crippen LogP contribution < -0.4 is 11.2 Å². The first-order valence-corrected chi connectivity index (χ1v) is 13.1. The lowest BCUT2D eigenvalue weighted by atomic mass is 9.96. The maximum atomic E-state index is 11.7. The van der Waals surface area contributed by atoms with Crippen molar-refractivity contribution in [3.63, 3.8) is 0 Å². The summed E-state index contributed by atoms with van der Waals surface area (Å²) < 4.78 is 5.60. The van der Waals surface area contributed by atoms with Crippen LogP contribution in [0.3, 0.4) is 0 Å². The second kappa shape index (κ2) is 18.4. The molecule has 1 aliphatic heterocycles. The van der Waals surface area contributed by atoms with Crippen molar-refractivity contribution in [2.45, 2.75) is 127 Å². The zero-order chi connectivity index (χ0) is 25.3. The van der Waals surface area contributed by atoms with Gasteiger partial charge in [-0.1, -0.05) is 84.0 Å². The van der Waals surface area contributed by atoms with E-state index in [0.717, 1.165) is 19.3 Å². The first-order valence-electron chi connectivity index (χ1n) is 13.1. The Morgan fingerprint density at radius 1 is 0.912 bits per heavy atom. The predicted octanol–water partition coefficient (Wildman–Crippen LogP) is 1.10. The molecule has 1 aliphatic rings. The Hall–Kier alpha value is -0.850. The highest BCUT2D eigenvalue weighted by Gasteiger charge is 2.47. The van der Waals surface area contributed by atoms with Crippen LogP contribution in [0.25, 0.3) is 0 Å². The van der Waals surface area contributed by atoms with Gasteiger partial charge in [0.1, 0.15) is 30.6 Å². The molecule has 10 nitrogen and oxygen atoms in total. The molecular formula is C24H49N3O7. The van der Waals surface area contributed by atoms with Crippen molar-refractivity contribution in [3.05, 3.63) is 0 Å². The molecule has 1 unspecified atom stereocenters. The minimum atomic E-state index is -1.41. The van der Waals surface area contributed by atoms with Gasteiger partial charge in [0.15, 0.2) is 0 Å². The Morgan fingerprint density at radius 3 is 1.85 bits per heavy atom. The van der Waals surface area contributed by atoms with Crippen LogP contribution in [0.4, 0.5) is 0 Å². The van der Waals surface area contributed by atoms with Crippen molar-refractivity contribution in [1.82, 2.24) is 10.4 Å². The zero-order valence-corrected chi connectivity index (χ0v) is 20.9. The molecule has 0 saturated carbocycles. The Balaban J connectivity index is 2.36. The monoisotopic (exact) mass is 491 g/mol. The van der Waals surface area contributed by atoms with Gasteiger partial charge in [-0.15, -0.1) is 0 Å². The number of carboxylic acid groups (broad SMARTS) is 1. The fourth-order valence-corrected chi connectivity index (χ4v) is 4.38. The number of aliphatic carboxylic acids is 1. The molecule has 0 aromatic carbocycles. The maximum Gasteiger partial charge on any atom is 0.324 e. The van der Waals surface area contributed by atoms with E-state index in [2.05, 4.69) is 12.3 Å². The standard InChI is InChI=1S/C24H49N3O7/c1-2-3-4-5-6-7-8-9-10-11-12-13-14-15-26-27(18(16-28)24(32)33)23-20(25)22(31)21(30)19(17-29)34-23/h18-23,26,28-31H,2-17,25H2,1H3,(H,32,33)/t18-,19-,20-,21+,22-,23?/m0/s1. The lowest BCUT2D eigenvalue weighted by Crippen LogP contribution is -2.70. The first-order chi connectivity index (χ1) is 16.4. The second-order valence-corrected chi connectivity index (χ2v) is 9.40. The van der Waals surface area contributed by atoms with Gasteiger partial charge >= 0.3 is 5.97 Å². The van der Waals surface area contributed by atoms with Crippen LogP contribution in [-0.4, -0.2) is 92.9 Å². The summed E-state index contributed by atoms with van der Waals surface area (Å²) in [5.41, 5.74) is 8.99. The van der Waals surface area contributed by atoms with E-state index in [-0.39, 0.29) is 0 Å². The minimum absolute atomic E-state index is 0.441. The molecule has 1 fully saturated rings. The molecule has 0 radical (unpaired) electrons. The Kier molecular flexibility index (Phi) is 16.9. The van der Waals surface area contributed by atoms with E-state index in [1.54, 1.807) is 0 Å². The molecule has 0 aromatic heterocycles. The van der Waals surface area contributed by atoms with Crippen LogP contribution in [0.15, 0.2) is 0 Å². The summed E-state index contributed by atoms with van der Waals surface area (Å²) in [4.78, 5) is 11.7. The average Bonchev–Trinajstić information content (AvgIpc) is 2.82. The minimum Gasteiger partial charge on any atom is -0.480 e. The van der Waals surface area contributed by atoms with Gasteiger partial charge in [0.2, 0.25) is 0 Å². The topological polar surface area (TPSA) is 169 Å². The number of hydrogen-bond acceptors (Lipinski definition) is 9. The number of hydrazine groups is 1. The number of aliphatic hydroxyl groups excluding tert-OH is 4. The summed E-state index contributed by atoms with van der Waals surface area (Å²) in [6.45, 7) is 1.41. The van der Waals surface area contributed by atoms with Crippen LogP contribution in [0.2, 0.25) is 0 Å². The number of nitrogens with two attached hydrogens (primary N) is 1. The van der Waals surface area contributed by atoms with E-state index < -0.39 is 55.8 Å². The molecule has 1 rings (SSSR count). The van der Waals surface area contributed by atoms with Crippen molar-refractivity contribution in [3.8, 4) is 0 Å². The quantitative estimate of drug-likeness (QED) is 0.0967. The lowest BCUT2D eigenvalue weighted by molar-refractivity contribution is -0.244. The third-order valence-electron chi connectivity index (χ3n) is 6.59. The van der Waals surface area contributed by atoms with E-state index in [1.165, 1.54) is 69.2 Å². The molecule has 6 atom stereocenters. The number of ether oxygens (including phenoxy) is 1. The number of hydrogen-bond donors (Lipinski definition) is 7. The lowest BCUT2D eigenvalue weighted by Gasteiger charge is -2.46. The van der Waals surface area contributed by atoms with Crippen LogP contribution in [0, 0.1) is 0 Å². The third kappa shape index (κ3) is 10.8. The number of carboxylic acids is 1. The molecule has 1 heterocycles. The van der Waals surface area contributed by atoms with Gasteiger partial charge in [0.05, 0.1) is 19.3 Å². The Bertz CT molecular complexity index is 527. The van der Waals surface area contributed by atoms with Crippen molar-refractivity contribution >= 4 is 5.97 Å². The van der Waals surface area contributed by atoms with E-state index >= 15 is 0 Å². The summed E-state index contributed by atoms with van der Waals surface area (Å²) in [6.07, 6.45) is 10.8. The van der Waals surface area contributed by atoms with Crippen LogP contribution in [0.1, 0.15) is 90.4 Å². The zero-order valence-electron chi connectivity index (χ0n) is 20.9. The average molecular weight is 492 g/mol. The van der Waals surface area contributed by atoms with Gasteiger partial charge in [-0.05, 0) is 6.42 Å². The van der Waals surface area contributed by atoms with E-state index in [9.17, 15) is 30.3 Å². The number of rotatable bonds is 20. The summed E-state index contributed by atoms with van der Waals surface area (Å²) in [5.74, 6) is -1.28. The summed E-state index contributed by atoms with van der Waals surface area (Å²) in [6, 6.07) is -2.50. The molecule has 8 N–H and O–H groups in total. The summed E-state index contributed by atoms with van der Waals surface area (Å²) in [7, 11) is 0. The largest absolute Gasteiger partial charge is 0.480 e. The highest BCUT2D eigenvalue weighted by atomic mass is 16.5. The van der Waals surface area contributed by atoms with E-state index in [0.29, 0.717) is 6.54 Å². The van der Waals surface area contributed by atoms with Gasteiger partial charge in [-0.2, -0.15) is 5.01 Å². The number of nitrogens with zero attached hydrogens (tertiary/aromatic N) is 1. The number of aliphatic hydroxyl groups is 4. The number of unbranched alkanes of at least 4 members (excludes halogenated alkanes) is 12. The number of nitrogens with one attached hydrogen (secondary N) is 1. The molecule has 0 aliphatic carbocycles. The van der Waals surface area contributed by atoms with Gasteiger partial charge in [-0.25, -0.2) is 0 Å². The van der Waals surface area contributed by atoms with Gasteiger partial charge in [-0.3, -0.25) is 10.2 Å². The molecule has 0 spiro atoms. The number of carbonyl (C=O) groups is 1. The fourth-order valence-electron chi connectivity index (χ4n) is 4.38. The van der Waals surface area contributed by atoms with Crippen LogP contribution in [0.5, 0.6) is 0 Å². The SMILES string of the molecule is CCCCCCCCCCCCCCCNN(C1O[C@@H](CO)[C@@H](O)[C@@H](O)[C@@H]1N)[C@@H](CO)C(=O)O. The smallest absolute Gasteiger partial charge is 0.324 e. The highest BCUT2D eigenvalue weighted by molar-refractivity contribution is 5.73. The molecule has 34 heavy (non-hydrogen) atoms. The normalized spacial score (nSPS) is 26.1. The maximum absolute atomic E-state index is 11.7. The summed E-state index contributed by atoms with van der Waals surface area (Å²) >= 11 is 0. The van der Waals surface area contributed by atoms with Gasteiger partial charge in [0, 0.05) is 6.54 Å². The fraction of sp³-hybridized carbons (Fsp3) is 0.958. The Morgan fingerprint density at radius 2 is 1.41 bits per heavy atom. The van der Waals surface area contributed by atoms with Gasteiger partial charge < -0.3 is 36.0 Å². The highest BCUT2D eigenvalue weighted by Crippen LogP contribution is 2.23. The molecule has 10 heteroatoms. The molecule has 202 valence electrons. The van der Waals surface area contributed by atoms with Crippen molar-refractivity contribution < 1.29 is 35.1 Å².